The maximum Gasteiger partial charge on any atom is 0.244 e. The minimum atomic E-state index is -3.74. The molecule has 0 bridgehead atoms. The van der Waals surface area contributed by atoms with E-state index in [1.165, 1.54) is 4.90 Å². The molecular weight excluding hydrogens is 462 g/mol. The first kappa shape index (κ1) is 26.7. The average Bonchev–Trinajstić information content (AvgIpc) is 2.78. The Morgan fingerprint density at radius 2 is 1.55 bits per heavy atom. The number of halogens is 1. The van der Waals surface area contributed by atoms with Gasteiger partial charge in [0.1, 0.15) is 12.6 Å². The van der Waals surface area contributed by atoms with Gasteiger partial charge in [-0.25, -0.2) is 8.42 Å². The van der Waals surface area contributed by atoms with Gasteiger partial charge in [0, 0.05) is 18.1 Å². The van der Waals surface area contributed by atoms with Crippen LogP contribution >= 0.6 is 11.6 Å². The second-order valence-corrected chi connectivity index (χ2v) is 10.1. The molecule has 0 spiro atoms. The predicted octanol–water partition coefficient (Wildman–Crippen LogP) is 3.61. The number of rotatable bonds is 11. The molecule has 0 aliphatic carbocycles. The van der Waals surface area contributed by atoms with E-state index in [4.69, 9.17) is 11.6 Å². The molecule has 2 aromatic rings. The third kappa shape index (κ3) is 7.47. The zero-order valence-corrected chi connectivity index (χ0v) is 21.1. The molecule has 0 aliphatic heterocycles. The number of benzene rings is 2. The van der Waals surface area contributed by atoms with Crippen LogP contribution in [0.3, 0.4) is 0 Å². The van der Waals surface area contributed by atoms with E-state index < -0.39 is 28.5 Å². The second-order valence-electron chi connectivity index (χ2n) is 7.76. The van der Waals surface area contributed by atoms with E-state index in [1.807, 2.05) is 26.0 Å². The van der Waals surface area contributed by atoms with Gasteiger partial charge in [0.25, 0.3) is 0 Å². The van der Waals surface area contributed by atoms with Crippen LogP contribution in [0.15, 0.2) is 48.5 Å². The van der Waals surface area contributed by atoms with Gasteiger partial charge in [-0.3, -0.25) is 13.9 Å². The zero-order chi connectivity index (χ0) is 24.6. The van der Waals surface area contributed by atoms with Crippen LogP contribution in [0.2, 0.25) is 5.02 Å². The van der Waals surface area contributed by atoms with Crippen LogP contribution < -0.4 is 9.62 Å². The Labute approximate surface area is 201 Å². The van der Waals surface area contributed by atoms with E-state index in [0.717, 1.165) is 28.1 Å². The lowest BCUT2D eigenvalue weighted by Crippen LogP contribution is -2.52. The summed E-state index contributed by atoms with van der Waals surface area (Å²) in [5, 5.41) is 3.33. The molecule has 0 saturated carbocycles. The lowest BCUT2D eigenvalue weighted by atomic mass is 10.1. The summed E-state index contributed by atoms with van der Waals surface area (Å²) in [6.07, 6.45) is 2.27. The van der Waals surface area contributed by atoms with Crippen LogP contribution in [-0.2, 0) is 32.6 Å². The maximum atomic E-state index is 13.5. The van der Waals surface area contributed by atoms with Crippen molar-refractivity contribution in [2.45, 2.75) is 46.2 Å². The number of nitrogens with one attached hydrogen (secondary N) is 1. The molecule has 180 valence electrons. The standard InChI is InChI=1S/C24H32ClN3O4S/c1-5-18-10-14-21(15-11-18)28(33(4,31)32)17-23(29)27(22(6-2)24(30)26-7-3)16-19-8-12-20(25)13-9-19/h8-15,22H,5-7,16-17H2,1-4H3,(H,26,30)/t22-/m0/s1. The van der Waals surface area contributed by atoms with E-state index in [9.17, 15) is 18.0 Å². The fourth-order valence-corrected chi connectivity index (χ4v) is 4.49. The lowest BCUT2D eigenvalue weighted by molar-refractivity contribution is -0.140. The Morgan fingerprint density at radius 3 is 2.03 bits per heavy atom. The molecule has 2 amide bonds. The highest BCUT2D eigenvalue weighted by Gasteiger charge is 2.31. The van der Waals surface area contributed by atoms with Gasteiger partial charge in [-0.1, -0.05) is 49.7 Å². The van der Waals surface area contributed by atoms with Crippen molar-refractivity contribution < 1.29 is 18.0 Å². The second kappa shape index (κ2) is 12.0. The fraction of sp³-hybridized carbons (Fsp3) is 0.417. The van der Waals surface area contributed by atoms with Crippen LogP contribution in [0.4, 0.5) is 5.69 Å². The Hall–Kier alpha value is -2.58. The quantitative estimate of drug-likeness (QED) is 0.518. The zero-order valence-electron chi connectivity index (χ0n) is 19.5. The average molecular weight is 494 g/mol. The van der Waals surface area contributed by atoms with E-state index in [0.29, 0.717) is 23.7 Å². The molecule has 0 unspecified atom stereocenters. The summed E-state index contributed by atoms with van der Waals surface area (Å²) < 4.78 is 26.2. The van der Waals surface area contributed by atoms with Crippen LogP contribution in [-0.4, -0.2) is 50.5 Å². The van der Waals surface area contributed by atoms with E-state index in [-0.39, 0.29) is 12.5 Å². The first-order valence-electron chi connectivity index (χ1n) is 11.0. The Kier molecular flexibility index (Phi) is 9.73. The number of aryl methyl sites for hydroxylation is 1. The van der Waals surface area contributed by atoms with Crippen molar-refractivity contribution in [3.63, 3.8) is 0 Å². The topological polar surface area (TPSA) is 86.8 Å². The van der Waals surface area contributed by atoms with Gasteiger partial charge < -0.3 is 10.2 Å². The summed E-state index contributed by atoms with van der Waals surface area (Å²) in [7, 11) is -3.74. The first-order chi connectivity index (χ1) is 15.6. The molecule has 0 saturated heterocycles. The molecule has 7 nitrogen and oxygen atoms in total. The number of hydrogen-bond donors (Lipinski definition) is 1. The first-order valence-corrected chi connectivity index (χ1v) is 13.2. The molecule has 33 heavy (non-hydrogen) atoms. The molecule has 9 heteroatoms. The molecule has 1 N–H and O–H groups in total. The molecule has 2 aromatic carbocycles. The molecule has 0 radical (unpaired) electrons. The highest BCUT2D eigenvalue weighted by molar-refractivity contribution is 7.92. The van der Waals surface area contributed by atoms with Crippen molar-refractivity contribution in [1.29, 1.82) is 0 Å². The summed E-state index contributed by atoms with van der Waals surface area (Å²) in [6, 6.07) is 13.3. The van der Waals surface area contributed by atoms with Crippen molar-refractivity contribution in [2.75, 3.05) is 23.7 Å². The highest BCUT2D eigenvalue weighted by Crippen LogP contribution is 2.21. The molecule has 2 rings (SSSR count). The number of hydrogen-bond acceptors (Lipinski definition) is 4. The molecule has 0 heterocycles. The van der Waals surface area contributed by atoms with Gasteiger partial charge in [0.2, 0.25) is 21.8 Å². The Morgan fingerprint density at radius 1 is 0.970 bits per heavy atom. The lowest BCUT2D eigenvalue weighted by Gasteiger charge is -2.32. The van der Waals surface area contributed by atoms with Gasteiger partial charge in [-0.15, -0.1) is 0 Å². The van der Waals surface area contributed by atoms with Crippen molar-refractivity contribution in [2.24, 2.45) is 0 Å². The number of sulfonamides is 1. The van der Waals surface area contributed by atoms with Crippen LogP contribution in [0, 0.1) is 0 Å². The van der Waals surface area contributed by atoms with Crippen molar-refractivity contribution in [3.8, 4) is 0 Å². The van der Waals surface area contributed by atoms with E-state index in [1.54, 1.807) is 43.3 Å². The van der Waals surface area contributed by atoms with Crippen molar-refractivity contribution in [3.05, 3.63) is 64.7 Å². The Bertz CT molecular complexity index is 1040. The molecule has 0 aromatic heterocycles. The van der Waals surface area contributed by atoms with Gasteiger partial charge in [-0.2, -0.15) is 0 Å². The minimum Gasteiger partial charge on any atom is -0.355 e. The summed E-state index contributed by atoms with van der Waals surface area (Å²) in [6.45, 7) is 5.80. The largest absolute Gasteiger partial charge is 0.355 e. The van der Waals surface area contributed by atoms with Crippen LogP contribution in [0.25, 0.3) is 0 Å². The molecule has 0 fully saturated rings. The third-order valence-corrected chi connectivity index (χ3v) is 6.71. The third-order valence-electron chi connectivity index (χ3n) is 5.31. The summed E-state index contributed by atoms with van der Waals surface area (Å²) in [5.74, 6) is -0.742. The monoisotopic (exact) mass is 493 g/mol. The highest BCUT2D eigenvalue weighted by atomic mass is 35.5. The normalized spacial score (nSPS) is 12.2. The van der Waals surface area contributed by atoms with Crippen LogP contribution in [0.1, 0.15) is 38.3 Å². The number of carbonyl (C=O) groups is 2. The SMILES string of the molecule is CCNC(=O)[C@H](CC)N(Cc1ccc(Cl)cc1)C(=O)CN(c1ccc(CC)cc1)S(C)(=O)=O. The number of amides is 2. The molecule has 1 atom stereocenters. The minimum absolute atomic E-state index is 0.151. The van der Waals surface area contributed by atoms with Crippen molar-refractivity contribution >= 4 is 39.1 Å². The van der Waals surface area contributed by atoms with Crippen molar-refractivity contribution in [1.82, 2.24) is 10.2 Å². The number of likely N-dealkylation sites (N-methyl/N-ethyl adjacent to an activating group) is 1. The summed E-state index contributed by atoms with van der Waals surface area (Å²) >= 11 is 5.98. The van der Waals surface area contributed by atoms with Gasteiger partial charge >= 0.3 is 0 Å². The predicted molar refractivity (Wildman–Crippen MR) is 133 cm³/mol. The van der Waals surface area contributed by atoms with Crippen LogP contribution in [0.5, 0.6) is 0 Å². The molecular formula is C24H32ClN3O4S. The number of nitrogens with zero attached hydrogens (tertiary/aromatic N) is 2. The Balaban J connectivity index is 2.40. The van der Waals surface area contributed by atoms with Gasteiger partial charge in [0.15, 0.2) is 0 Å². The van der Waals surface area contributed by atoms with E-state index >= 15 is 0 Å². The molecule has 0 aliphatic rings. The maximum absolute atomic E-state index is 13.5. The van der Waals surface area contributed by atoms with E-state index in [2.05, 4.69) is 5.32 Å². The smallest absolute Gasteiger partial charge is 0.244 e. The summed E-state index contributed by atoms with van der Waals surface area (Å²) in [4.78, 5) is 27.7. The van der Waals surface area contributed by atoms with Gasteiger partial charge in [-0.05, 0) is 55.2 Å². The summed E-state index contributed by atoms with van der Waals surface area (Å²) in [5.41, 5.74) is 2.25. The number of anilines is 1. The fourth-order valence-electron chi connectivity index (χ4n) is 3.51. The van der Waals surface area contributed by atoms with Gasteiger partial charge in [0.05, 0.1) is 11.9 Å². The number of carbonyl (C=O) groups excluding carboxylic acids is 2.